The van der Waals surface area contributed by atoms with E-state index in [9.17, 15) is 27.9 Å². The number of nitrogens with zero attached hydrogens (tertiary/aromatic N) is 1. The highest BCUT2D eigenvalue weighted by molar-refractivity contribution is 7.89. The highest BCUT2D eigenvalue weighted by Crippen LogP contribution is 2.29. The van der Waals surface area contributed by atoms with Gasteiger partial charge in [-0.25, -0.2) is 18.0 Å². The van der Waals surface area contributed by atoms with E-state index in [0.717, 1.165) is 30.7 Å². The molecule has 25 heavy (non-hydrogen) atoms. The molecule has 136 valence electrons. The number of carboxylic acid groups (broad SMARTS) is 1. The van der Waals surface area contributed by atoms with Gasteiger partial charge in [0.2, 0.25) is 10.0 Å². The molecule has 1 saturated heterocycles. The summed E-state index contributed by atoms with van der Waals surface area (Å²) in [7, 11) is -2.12. The second-order valence-electron chi connectivity index (χ2n) is 5.31. The first-order chi connectivity index (χ1) is 11.7. The molecule has 1 atom stereocenters. The summed E-state index contributed by atoms with van der Waals surface area (Å²) >= 11 is 0. The molecule has 0 spiro atoms. The van der Waals surface area contributed by atoms with Crippen molar-refractivity contribution in [3.8, 4) is 0 Å². The molecule has 1 aromatic carbocycles. The number of carboxylic acids is 1. The molecule has 2 rings (SSSR count). The average molecular weight is 371 g/mol. The Labute approximate surface area is 144 Å². The minimum absolute atomic E-state index is 0.00235. The molecule has 0 radical (unpaired) electrons. The van der Waals surface area contributed by atoms with E-state index in [1.165, 1.54) is 6.07 Å². The fourth-order valence-corrected chi connectivity index (χ4v) is 4.52. The van der Waals surface area contributed by atoms with Crippen LogP contribution in [0, 0.1) is 0 Å². The SMILES string of the molecule is COC(=O)c1ccc(C(=O)OC)c(S(=O)(=O)N2CCCC2C(=O)O)c1. The molecule has 9 nitrogen and oxygen atoms in total. The first kappa shape index (κ1) is 18.9. The van der Waals surface area contributed by atoms with E-state index in [-0.39, 0.29) is 24.1 Å². The van der Waals surface area contributed by atoms with Crippen LogP contribution in [0.4, 0.5) is 0 Å². The van der Waals surface area contributed by atoms with Gasteiger partial charge in [0.25, 0.3) is 0 Å². The third-order valence-corrected chi connectivity index (χ3v) is 5.83. The summed E-state index contributed by atoms with van der Waals surface area (Å²) in [5.41, 5.74) is -0.369. The second-order valence-corrected chi connectivity index (χ2v) is 7.17. The molecule has 0 saturated carbocycles. The minimum atomic E-state index is -4.34. The van der Waals surface area contributed by atoms with E-state index in [0.29, 0.717) is 6.42 Å². The van der Waals surface area contributed by atoms with Crippen molar-refractivity contribution in [2.75, 3.05) is 20.8 Å². The summed E-state index contributed by atoms with van der Waals surface area (Å²) < 4.78 is 35.9. The van der Waals surface area contributed by atoms with Crippen LogP contribution in [-0.4, -0.2) is 62.5 Å². The monoisotopic (exact) mass is 371 g/mol. The van der Waals surface area contributed by atoms with Gasteiger partial charge in [0.05, 0.1) is 30.2 Å². The molecule has 1 aromatic rings. The lowest BCUT2D eigenvalue weighted by molar-refractivity contribution is -0.140. The maximum atomic E-state index is 13.0. The van der Waals surface area contributed by atoms with Crippen LogP contribution in [0.5, 0.6) is 0 Å². The number of carbonyl (C=O) groups is 3. The number of ether oxygens (including phenoxy) is 2. The lowest BCUT2D eigenvalue weighted by Crippen LogP contribution is -2.41. The Kier molecular flexibility index (Phi) is 5.43. The van der Waals surface area contributed by atoms with Crippen molar-refractivity contribution in [1.82, 2.24) is 4.31 Å². The van der Waals surface area contributed by atoms with Gasteiger partial charge in [-0.2, -0.15) is 4.31 Å². The average Bonchev–Trinajstić information content (AvgIpc) is 3.10. The van der Waals surface area contributed by atoms with Crippen molar-refractivity contribution in [3.63, 3.8) is 0 Å². The maximum Gasteiger partial charge on any atom is 0.339 e. The molecule has 1 aliphatic heterocycles. The zero-order valence-electron chi connectivity index (χ0n) is 13.6. The van der Waals surface area contributed by atoms with E-state index in [1.807, 2.05) is 0 Å². The molecule has 1 unspecified atom stereocenters. The topological polar surface area (TPSA) is 127 Å². The summed E-state index contributed by atoms with van der Waals surface area (Å²) in [5.74, 6) is -2.98. The van der Waals surface area contributed by atoms with E-state index in [4.69, 9.17) is 0 Å². The fraction of sp³-hybridized carbons (Fsp3) is 0.400. The molecule has 0 aliphatic carbocycles. The summed E-state index contributed by atoms with van der Waals surface area (Å²) in [5, 5.41) is 9.23. The van der Waals surface area contributed by atoms with Gasteiger partial charge in [-0.3, -0.25) is 4.79 Å². The van der Waals surface area contributed by atoms with Crippen LogP contribution in [-0.2, 0) is 24.3 Å². The highest BCUT2D eigenvalue weighted by atomic mass is 32.2. The van der Waals surface area contributed by atoms with Crippen molar-refractivity contribution in [2.24, 2.45) is 0 Å². The van der Waals surface area contributed by atoms with E-state index in [1.54, 1.807) is 0 Å². The molecular formula is C15H17NO8S. The van der Waals surface area contributed by atoms with Crippen molar-refractivity contribution in [3.05, 3.63) is 29.3 Å². The maximum absolute atomic E-state index is 13.0. The number of hydrogen-bond acceptors (Lipinski definition) is 7. The molecule has 0 bridgehead atoms. The number of sulfonamides is 1. The standard InChI is InChI=1S/C15H17NO8S/c1-23-14(19)9-5-6-10(15(20)24-2)12(8-9)25(21,22)16-7-3-4-11(16)13(17)18/h5-6,8,11H,3-4,7H2,1-2H3,(H,17,18). The van der Waals surface area contributed by atoms with Crippen LogP contribution in [0.2, 0.25) is 0 Å². The molecule has 10 heteroatoms. The Morgan fingerprint density at radius 1 is 1.16 bits per heavy atom. The number of hydrogen-bond donors (Lipinski definition) is 1. The van der Waals surface area contributed by atoms with Crippen molar-refractivity contribution in [2.45, 2.75) is 23.8 Å². The largest absolute Gasteiger partial charge is 0.480 e. The Balaban J connectivity index is 2.63. The van der Waals surface area contributed by atoms with Crippen molar-refractivity contribution < 1.29 is 37.4 Å². The van der Waals surface area contributed by atoms with Gasteiger partial charge in [0.1, 0.15) is 6.04 Å². The Morgan fingerprint density at radius 3 is 2.36 bits per heavy atom. The molecule has 1 fully saturated rings. The number of carbonyl (C=O) groups excluding carboxylic acids is 2. The minimum Gasteiger partial charge on any atom is -0.480 e. The molecule has 1 N–H and O–H groups in total. The zero-order valence-corrected chi connectivity index (χ0v) is 14.4. The number of esters is 2. The molecule has 1 aliphatic rings. The Hall–Kier alpha value is -2.46. The van der Waals surface area contributed by atoms with Gasteiger partial charge in [-0.05, 0) is 31.0 Å². The molecule has 1 heterocycles. The van der Waals surface area contributed by atoms with Crippen LogP contribution in [0.15, 0.2) is 23.1 Å². The van der Waals surface area contributed by atoms with Gasteiger partial charge in [-0.15, -0.1) is 0 Å². The van der Waals surface area contributed by atoms with Crippen molar-refractivity contribution in [1.29, 1.82) is 0 Å². The van der Waals surface area contributed by atoms with Gasteiger partial charge in [-0.1, -0.05) is 0 Å². The third-order valence-electron chi connectivity index (χ3n) is 3.88. The normalized spacial score (nSPS) is 17.9. The van der Waals surface area contributed by atoms with E-state index < -0.39 is 38.9 Å². The molecule has 0 aromatic heterocycles. The lowest BCUT2D eigenvalue weighted by Gasteiger charge is -2.22. The van der Waals surface area contributed by atoms with Crippen LogP contribution in [0.1, 0.15) is 33.6 Å². The van der Waals surface area contributed by atoms with Crippen molar-refractivity contribution >= 4 is 27.9 Å². The number of methoxy groups -OCH3 is 2. The smallest absolute Gasteiger partial charge is 0.339 e. The summed E-state index contributed by atoms with van der Waals surface area (Å²) in [6.45, 7) is 0.00235. The van der Waals surface area contributed by atoms with E-state index >= 15 is 0 Å². The summed E-state index contributed by atoms with van der Waals surface area (Å²) in [6.07, 6.45) is 0.541. The quantitative estimate of drug-likeness (QED) is 0.741. The van der Waals surface area contributed by atoms with Crippen LogP contribution in [0.25, 0.3) is 0 Å². The summed E-state index contributed by atoms with van der Waals surface area (Å²) in [6, 6.07) is 2.13. The molecular weight excluding hydrogens is 354 g/mol. The second kappa shape index (κ2) is 7.19. The van der Waals surface area contributed by atoms with Gasteiger partial charge in [0, 0.05) is 6.54 Å². The zero-order chi connectivity index (χ0) is 18.8. The molecule has 0 amide bonds. The predicted octanol–water partition coefficient (Wildman–Crippen LogP) is 0.497. The Morgan fingerprint density at radius 2 is 1.80 bits per heavy atom. The van der Waals surface area contributed by atoms with Crippen LogP contribution < -0.4 is 0 Å². The number of rotatable bonds is 5. The van der Waals surface area contributed by atoms with Gasteiger partial charge >= 0.3 is 17.9 Å². The number of aliphatic carboxylic acids is 1. The Bertz CT molecular complexity index is 817. The first-order valence-electron chi connectivity index (χ1n) is 7.29. The number of benzene rings is 1. The fourth-order valence-electron chi connectivity index (χ4n) is 2.66. The first-order valence-corrected chi connectivity index (χ1v) is 8.73. The van der Waals surface area contributed by atoms with Crippen LogP contribution in [0.3, 0.4) is 0 Å². The van der Waals surface area contributed by atoms with E-state index in [2.05, 4.69) is 9.47 Å². The third kappa shape index (κ3) is 3.49. The van der Waals surface area contributed by atoms with Gasteiger partial charge in [0.15, 0.2) is 0 Å². The predicted molar refractivity (Wildman–Crippen MR) is 83.7 cm³/mol. The van der Waals surface area contributed by atoms with Crippen LogP contribution >= 0.6 is 0 Å². The van der Waals surface area contributed by atoms with Gasteiger partial charge < -0.3 is 14.6 Å². The highest BCUT2D eigenvalue weighted by Gasteiger charge is 2.41. The lowest BCUT2D eigenvalue weighted by atomic mass is 10.1. The summed E-state index contributed by atoms with van der Waals surface area (Å²) in [4.78, 5) is 34.4.